The van der Waals surface area contributed by atoms with Crippen LogP contribution in [0, 0.1) is 6.92 Å². The summed E-state index contributed by atoms with van der Waals surface area (Å²) in [6.45, 7) is 3.81. The van der Waals surface area contributed by atoms with Crippen molar-refractivity contribution < 1.29 is 9.53 Å². The number of para-hydroxylation sites is 2. The molecule has 0 aliphatic carbocycles. The van der Waals surface area contributed by atoms with E-state index in [4.69, 9.17) is 16.3 Å². The molecule has 0 amide bonds. The molecule has 0 saturated heterocycles. The minimum absolute atomic E-state index is 0.264. The van der Waals surface area contributed by atoms with Crippen LogP contribution in [0.4, 0.5) is 11.4 Å². The number of anilines is 2. The minimum atomic E-state index is -0.346. The van der Waals surface area contributed by atoms with Gasteiger partial charge in [-0.25, -0.2) is 0 Å². The van der Waals surface area contributed by atoms with Crippen LogP contribution in [0.25, 0.3) is 0 Å². The van der Waals surface area contributed by atoms with Crippen LogP contribution in [-0.2, 0) is 9.53 Å². The molecular formula is C17H18ClNO2. The predicted octanol–water partition coefficient (Wildman–Crippen LogP) is 4.67. The van der Waals surface area contributed by atoms with Gasteiger partial charge in [-0.2, -0.15) is 0 Å². The second-order valence-electron chi connectivity index (χ2n) is 4.89. The molecule has 2 aromatic carbocycles. The maximum Gasteiger partial charge on any atom is 0.312 e. The van der Waals surface area contributed by atoms with E-state index < -0.39 is 0 Å². The zero-order chi connectivity index (χ0) is 15.4. The van der Waals surface area contributed by atoms with Crippen molar-refractivity contribution in [1.82, 2.24) is 0 Å². The first-order valence-electron chi connectivity index (χ1n) is 6.73. The van der Waals surface area contributed by atoms with Crippen molar-refractivity contribution in [2.24, 2.45) is 0 Å². The molecule has 0 heterocycles. The number of aryl methyl sites for hydroxylation is 1. The van der Waals surface area contributed by atoms with Gasteiger partial charge in [0.2, 0.25) is 0 Å². The zero-order valence-corrected chi connectivity index (χ0v) is 13.1. The first-order valence-corrected chi connectivity index (χ1v) is 7.11. The van der Waals surface area contributed by atoms with Crippen LogP contribution in [0.3, 0.4) is 0 Å². The van der Waals surface area contributed by atoms with E-state index in [0.29, 0.717) is 5.02 Å². The highest BCUT2D eigenvalue weighted by atomic mass is 35.5. The largest absolute Gasteiger partial charge is 0.469 e. The van der Waals surface area contributed by atoms with E-state index >= 15 is 0 Å². The van der Waals surface area contributed by atoms with E-state index in [-0.39, 0.29) is 11.9 Å². The molecule has 0 bridgehead atoms. The number of nitrogens with one attached hydrogen (secondary N) is 1. The molecule has 1 atom stereocenters. The third-order valence-electron chi connectivity index (χ3n) is 3.46. The summed E-state index contributed by atoms with van der Waals surface area (Å²) in [4.78, 5) is 11.8. The van der Waals surface area contributed by atoms with E-state index in [0.717, 1.165) is 22.5 Å². The number of carbonyl (C=O) groups excluding carboxylic acids is 1. The number of carbonyl (C=O) groups is 1. The molecule has 2 rings (SSSR count). The summed E-state index contributed by atoms with van der Waals surface area (Å²) in [6, 6.07) is 13.4. The van der Waals surface area contributed by atoms with Crippen LogP contribution in [0.2, 0.25) is 5.02 Å². The molecule has 0 fully saturated rings. The second kappa shape index (κ2) is 6.64. The summed E-state index contributed by atoms with van der Waals surface area (Å²) < 4.78 is 4.83. The van der Waals surface area contributed by atoms with Gasteiger partial charge in [0.1, 0.15) is 0 Å². The van der Waals surface area contributed by atoms with Crippen molar-refractivity contribution in [2.75, 3.05) is 12.4 Å². The number of hydrogen-bond donors (Lipinski definition) is 1. The van der Waals surface area contributed by atoms with Crippen LogP contribution < -0.4 is 5.32 Å². The van der Waals surface area contributed by atoms with Gasteiger partial charge in [-0.05, 0) is 37.1 Å². The summed E-state index contributed by atoms with van der Waals surface area (Å²) >= 11 is 6.25. The minimum Gasteiger partial charge on any atom is -0.469 e. The standard InChI is InChI=1S/C17H18ClNO2/c1-11-7-6-9-14(18)16(11)19-15-10-5-4-8-13(15)12(2)17(20)21-3/h4-10,12,19H,1-3H3. The Morgan fingerprint density at radius 3 is 2.57 bits per heavy atom. The van der Waals surface area contributed by atoms with E-state index in [1.54, 1.807) is 0 Å². The lowest BCUT2D eigenvalue weighted by Gasteiger charge is -2.18. The molecular weight excluding hydrogens is 286 g/mol. The third-order valence-corrected chi connectivity index (χ3v) is 3.78. The molecule has 0 spiro atoms. The number of esters is 1. The third kappa shape index (κ3) is 3.37. The Hall–Kier alpha value is -2.00. The normalized spacial score (nSPS) is 11.8. The van der Waals surface area contributed by atoms with Crippen LogP contribution >= 0.6 is 11.6 Å². The molecule has 110 valence electrons. The second-order valence-corrected chi connectivity index (χ2v) is 5.30. The molecule has 0 saturated carbocycles. The van der Waals surface area contributed by atoms with Gasteiger partial charge in [0, 0.05) is 5.69 Å². The number of ether oxygens (including phenoxy) is 1. The van der Waals surface area contributed by atoms with Crippen LogP contribution in [-0.4, -0.2) is 13.1 Å². The van der Waals surface area contributed by atoms with Crippen molar-refractivity contribution in [3.05, 3.63) is 58.6 Å². The summed E-state index contributed by atoms with van der Waals surface area (Å²) in [5.41, 5.74) is 3.63. The summed E-state index contributed by atoms with van der Waals surface area (Å²) in [7, 11) is 1.40. The SMILES string of the molecule is COC(=O)C(C)c1ccccc1Nc1c(C)cccc1Cl. The van der Waals surface area contributed by atoms with Crippen molar-refractivity contribution in [1.29, 1.82) is 0 Å². The highest BCUT2D eigenvalue weighted by Crippen LogP contribution is 2.32. The Balaban J connectivity index is 2.39. The predicted molar refractivity (Wildman–Crippen MR) is 86.3 cm³/mol. The fourth-order valence-electron chi connectivity index (χ4n) is 2.22. The van der Waals surface area contributed by atoms with Gasteiger partial charge >= 0.3 is 5.97 Å². The highest BCUT2D eigenvalue weighted by molar-refractivity contribution is 6.33. The number of benzene rings is 2. The Morgan fingerprint density at radius 2 is 1.90 bits per heavy atom. The topological polar surface area (TPSA) is 38.3 Å². The number of rotatable bonds is 4. The summed E-state index contributed by atoms with van der Waals surface area (Å²) in [5, 5.41) is 3.98. The molecule has 1 unspecified atom stereocenters. The average Bonchev–Trinajstić information content (AvgIpc) is 2.50. The fraction of sp³-hybridized carbons (Fsp3) is 0.235. The van der Waals surface area contributed by atoms with Gasteiger partial charge in [-0.1, -0.05) is 41.9 Å². The van der Waals surface area contributed by atoms with Crippen LogP contribution in [0.1, 0.15) is 24.0 Å². The first-order chi connectivity index (χ1) is 10.0. The zero-order valence-electron chi connectivity index (χ0n) is 12.3. The van der Waals surface area contributed by atoms with Gasteiger partial charge in [0.15, 0.2) is 0 Å². The lowest BCUT2D eigenvalue weighted by Crippen LogP contribution is -2.12. The molecule has 1 N–H and O–H groups in total. The Morgan fingerprint density at radius 1 is 1.19 bits per heavy atom. The van der Waals surface area contributed by atoms with Crippen molar-refractivity contribution in [3.8, 4) is 0 Å². The van der Waals surface area contributed by atoms with E-state index in [1.165, 1.54) is 7.11 Å². The van der Waals surface area contributed by atoms with Gasteiger partial charge in [-0.15, -0.1) is 0 Å². The maximum atomic E-state index is 11.8. The lowest BCUT2D eigenvalue weighted by atomic mass is 9.99. The van der Waals surface area contributed by atoms with Gasteiger partial charge in [0.05, 0.1) is 23.7 Å². The monoisotopic (exact) mass is 303 g/mol. The Labute approximate surface area is 129 Å². The Bertz CT molecular complexity index is 635. The molecule has 21 heavy (non-hydrogen) atoms. The molecule has 0 aliphatic heterocycles. The van der Waals surface area contributed by atoms with E-state index in [2.05, 4.69) is 5.32 Å². The smallest absolute Gasteiger partial charge is 0.312 e. The van der Waals surface area contributed by atoms with Crippen molar-refractivity contribution in [2.45, 2.75) is 19.8 Å². The van der Waals surface area contributed by atoms with Gasteiger partial charge in [0.25, 0.3) is 0 Å². The number of hydrogen-bond acceptors (Lipinski definition) is 3. The molecule has 0 aromatic heterocycles. The van der Waals surface area contributed by atoms with Crippen LogP contribution in [0.5, 0.6) is 0 Å². The summed E-state index contributed by atoms with van der Waals surface area (Å²) in [6.07, 6.45) is 0. The Kier molecular flexibility index (Phi) is 4.86. The number of methoxy groups -OCH3 is 1. The molecule has 3 nitrogen and oxygen atoms in total. The first kappa shape index (κ1) is 15.4. The lowest BCUT2D eigenvalue weighted by molar-refractivity contribution is -0.141. The van der Waals surface area contributed by atoms with Gasteiger partial charge in [-0.3, -0.25) is 4.79 Å². The average molecular weight is 304 g/mol. The quantitative estimate of drug-likeness (QED) is 0.834. The molecule has 0 radical (unpaired) electrons. The molecule has 4 heteroatoms. The fourth-order valence-corrected chi connectivity index (χ4v) is 2.49. The van der Waals surface area contributed by atoms with Crippen molar-refractivity contribution >= 4 is 28.9 Å². The van der Waals surface area contributed by atoms with E-state index in [9.17, 15) is 4.79 Å². The highest BCUT2D eigenvalue weighted by Gasteiger charge is 2.19. The number of halogens is 1. The van der Waals surface area contributed by atoms with Crippen molar-refractivity contribution in [3.63, 3.8) is 0 Å². The molecule has 2 aromatic rings. The molecule has 0 aliphatic rings. The van der Waals surface area contributed by atoms with Crippen LogP contribution in [0.15, 0.2) is 42.5 Å². The van der Waals surface area contributed by atoms with Gasteiger partial charge < -0.3 is 10.1 Å². The summed E-state index contributed by atoms with van der Waals surface area (Å²) in [5.74, 6) is -0.610. The van der Waals surface area contributed by atoms with E-state index in [1.807, 2.05) is 56.3 Å². The maximum absolute atomic E-state index is 11.8.